The van der Waals surface area contributed by atoms with E-state index in [1.165, 1.54) is 38.5 Å². The molecule has 0 aliphatic rings. The van der Waals surface area contributed by atoms with Gasteiger partial charge in [0.25, 0.3) is 0 Å². The third-order valence-corrected chi connectivity index (χ3v) is 4.35. The van der Waals surface area contributed by atoms with Crippen molar-refractivity contribution in [3.05, 3.63) is 0 Å². The molecule has 0 aromatic carbocycles. The summed E-state index contributed by atoms with van der Waals surface area (Å²) in [5.41, 5.74) is 0. The Kier molecular flexibility index (Phi) is 13.3. The highest BCUT2D eigenvalue weighted by Crippen LogP contribution is 2.14. The van der Waals surface area contributed by atoms with Crippen LogP contribution in [0.5, 0.6) is 0 Å². The van der Waals surface area contributed by atoms with E-state index >= 15 is 0 Å². The summed E-state index contributed by atoms with van der Waals surface area (Å²) in [6, 6.07) is 0. The van der Waals surface area contributed by atoms with Crippen molar-refractivity contribution in [1.82, 2.24) is 0 Å². The molecule has 5 nitrogen and oxygen atoms in total. The van der Waals surface area contributed by atoms with Crippen LogP contribution in [0.3, 0.4) is 0 Å². The fraction of sp³-hybridized carbons (Fsp3) is 1.00. The second-order valence-electron chi connectivity index (χ2n) is 6.10. The molecule has 0 heterocycles. The van der Waals surface area contributed by atoms with Crippen LogP contribution in [0.2, 0.25) is 0 Å². The summed E-state index contributed by atoms with van der Waals surface area (Å²) in [5, 5.41) is 0. The molecule has 1 N–H and O–H groups in total. The van der Waals surface area contributed by atoms with Gasteiger partial charge in [0, 0.05) is 6.92 Å². The van der Waals surface area contributed by atoms with Crippen molar-refractivity contribution in [2.45, 2.75) is 71.4 Å². The summed E-state index contributed by atoms with van der Waals surface area (Å²) in [6.07, 6.45) is 9.39. The van der Waals surface area contributed by atoms with Crippen molar-refractivity contribution >= 4 is 10.4 Å². The molecule has 0 rings (SSSR count). The van der Waals surface area contributed by atoms with Crippen LogP contribution in [0.1, 0.15) is 65.2 Å². The zero-order valence-electron chi connectivity index (χ0n) is 13.8. The van der Waals surface area contributed by atoms with E-state index in [4.69, 9.17) is 4.55 Å². The van der Waals surface area contributed by atoms with Crippen LogP contribution in [0, 0.1) is 0 Å². The maximum atomic E-state index is 10.7. The van der Waals surface area contributed by atoms with Gasteiger partial charge in [-0.1, -0.05) is 45.4 Å². The Labute approximate surface area is 141 Å². The second kappa shape index (κ2) is 11.8. The van der Waals surface area contributed by atoms with E-state index in [-0.39, 0.29) is 17.0 Å². The summed E-state index contributed by atoms with van der Waals surface area (Å²) < 4.78 is 35.2. The number of rotatable bonds is 12. The van der Waals surface area contributed by atoms with Crippen molar-refractivity contribution in [3.8, 4) is 0 Å². The van der Waals surface area contributed by atoms with Crippen molar-refractivity contribution in [2.24, 2.45) is 0 Å². The fourth-order valence-electron chi connectivity index (χ4n) is 2.13. The minimum absolute atomic E-state index is 0. The minimum Gasteiger partial charge on any atom is -1.00 e. The van der Waals surface area contributed by atoms with Crippen LogP contribution in [0.25, 0.3) is 0 Å². The lowest BCUT2D eigenvalue weighted by molar-refractivity contribution is -0.931. The van der Waals surface area contributed by atoms with E-state index in [0.29, 0.717) is 4.48 Å². The van der Waals surface area contributed by atoms with Crippen LogP contribution in [-0.4, -0.2) is 44.3 Å². The van der Waals surface area contributed by atoms with E-state index in [9.17, 15) is 8.42 Å². The zero-order valence-corrected chi connectivity index (χ0v) is 16.2. The molecule has 0 amide bonds. The molecule has 0 spiro atoms. The summed E-state index contributed by atoms with van der Waals surface area (Å²) in [5.74, 6) is 0. The van der Waals surface area contributed by atoms with E-state index < -0.39 is 16.6 Å². The smallest absolute Gasteiger partial charge is 0.402 e. The van der Waals surface area contributed by atoms with Crippen LogP contribution < -0.4 is 17.0 Å². The van der Waals surface area contributed by atoms with E-state index in [1.807, 2.05) is 14.1 Å². The predicted molar refractivity (Wildman–Crippen MR) is 81.7 cm³/mol. The molecule has 0 saturated carbocycles. The van der Waals surface area contributed by atoms with Gasteiger partial charge in [-0.25, -0.2) is 0 Å². The van der Waals surface area contributed by atoms with Gasteiger partial charge in [0.15, 0.2) is 0 Å². The first kappa shape index (κ1) is 23.6. The molecule has 0 aliphatic heterocycles. The summed E-state index contributed by atoms with van der Waals surface area (Å²) in [7, 11) is -0.543. The lowest BCUT2D eigenvalue weighted by Crippen LogP contribution is -3.00. The monoisotopic (exact) mass is 389 g/mol. The Morgan fingerprint density at radius 3 is 1.86 bits per heavy atom. The quantitative estimate of drug-likeness (QED) is 0.226. The highest BCUT2D eigenvalue weighted by molar-refractivity contribution is 7.80. The number of hydrogen-bond donors (Lipinski definition) is 1. The Morgan fingerprint density at radius 1 is 1.00 bits per heavy atom. The standard InChI is InChI=1S/C14H31NO4S.BrH/c1-5-6-7-8-9-10-11-12-13-15(3,4)14(2)19-20(16,17)18;/h14H,5-13H2,1-4H3;1H. The summed E-state index contributed by atoms with van der Waals surface area (Å²) in [4.78, 5) is 0. The van der Waals surface area contributed by atoms with Crippen LogP contribution in [0.4, 0.5) is 0 Å². The van der Waals surface area contributed by atoms with Gasteiger partial charge in [0.05, 0.1) is 20.6 Å². The largest absolute Gasteiger partial charge is 1.00 e. The van der Waals surface area contributed by atoms with E-state index in [2.05, 4.69) is 11.1 Å². The Balaban J connectivity index is 0. The molecule has 0 fully saturated rings. The molecule has 130 valence electrons. The first-order valence-corrected chi connectivity index (χ1v) is 9.04. The van der Waals surface area contributed by atoms with Gasteiger partial charge in [-0.2, -0.15) is 12.6 Å². The summed E-state index contributed by atoms with van der Waals surface area (Å²) in [6.45, 7) is 4.72. The highest BCUT2D eigenvalue weighted by Gasteiger charge is 2.28. The first-order chi connectivity index (χ1) is 9.19. The SMILES string of the molecule is CCCCCCCCCC[N+](C)(C)C(C)OS(=O)(=O)O.[Br-]. The average Bonchev–Trinajstić information content (AvgIpc) is 2.30. The van der Waals surface area contributed by atoms with Crippen molar-refractivity contribution in [1.29, 1.82) is 0 Å². The molecule has 1 atom stereocenters. The van der Waals surface area contributed by atoms with E-state index in [1.54, 1.807) is 6.92 Å². The highest BCUT2D eigenvalue weighted by atomic mass is 79.9. The van der Waals surface area contributed by atoms with Crippen LogP contribution in [0.15, 0.2) is 0 Å². The van der Waals surface area contributed by atoms with Gasteiger partial charge in [-0.15, -0.1) is 0 Å². The van der Waals surface area contributed by atoms with Crippen LogP contribution >= 0.6 is 0 Å². The molecule has 0 aromatic heterocycles. The lowest BCUT2D eigenvalue weighted by atomic mass is 10.1. The van der Waals surface area contributed by atoms with E-state index in [0.717, 1.165) is 19.4 Å². The molecule has 1 unspecified atom stereocenters. The number of unbranched alkanes of at least 4 members (excludes halogenated alkanes) is 7. The molecular weight excluding hydrogens is 358 g/mol. The topological polar surface area (TPSA) is 63.6 Å². The van der Waals surface area contributed by atoms with Gasteiger partial charge >= 0.3 is 10.4 Å². The maximum absolute atomic E-state index is 10.7. The number of nitrogens with zero attached hydrogens (tertiary/aromatic N) is 1. The van der Waals surface area contributed by atoms with Crippen molar-refractivity contribution in [3.63, 3.8) is 0 Å². The number of quaternary nitrogens is 1. The Morgan fingerprint density at radius 2 is 1.43 bits per heavy atom. The molecule has 0 radical (unpaired) electrons. The minimum atomic E-state index is -4.37. The van der Waals surface area contributed by atoms with Gasteiger partial charge in [0.2, 0.25) is 6.23 Å². The maximum Gasteiger partial charge on any atom is 0.402 e. The van der Waals surface area contributed by atoms with Crippen molar-refractivity contribution < 1.29 is 38.6 Å². The molecule has 0 aromatic rings. The van der Waals surface area contributed by atoms with Crippen LogP contribution in [-0.2, 0) is 14.6 Å². The normalized spacial score (nSPS) is 13.8. The predicted octanol–water partition coefficient (Wildman–Crippen LogP) is 0.373. The molecule has 0 bridgehead atoms. The zero-order chi connectivity index (χ0) is 15.6. The second-order valence-corrected chi connectivity index (χ2v) is 7.15. The Hall–Kier alpha value is 0.310. The van der Waals surface area contributed by atoms with Crippen molar-refractivity contribution in [2.75, 3.05) is 20.6 Å². The summed E-state index contributed by atoms with van der Waals surface area (Å²) >= 11 is 0. The molecule has 21 heavy (non-hydrogen) atoms. The van der Waals surface area contributed by atoms with Gasteiger partial charge in [0.1, 0.15) is 0 Å². The fourth-order valence-corrected chi connectivity index (χ4v) is 2.71. The third-order valence-electron chi connectivity index (χ3n) is 3.83. The third kappa shape index (κ3) is 13.7. The Bertz CT molecular complexity index is 347. The molecule has 7 heteroatoms. The number of halogens is 1. The van der Waals surface area contributed by atoms with Gasteiger partial charge in [-0.3, -0.25) is 4.55 Å². The molecule has 0 saturated heterocycles. The lowest BCUT2D eigenvalue weighted by Gasteiger charge is -2.34. The first-order valence-electron chi connectivity index (χ1n) is 7.67. The number of hydrogen-bond acceptors (Lipinski definition) is 3. The molecule has 0 aliphatic carbocycles. The molecular formula is C14H32BrNO4S. The average molecular weight is 390 g/mol. The van der Waals surface area contributed by atoms with Gasteiger partial charge in [-0.05, 0) is 12.8 Å². The van der Waals surface area contributed by atoms with Gasteiger partial charge < -0.3 is 21.5 Å².